The van der Waals surface area contributed by atoms with Crippen LogP contribution in [-0.4, -0.2) is 45.4 Å². The minimum absolute atomic E-state index is 0.00934. The average Bonchev–Trinajstić information content (AvgIpc) is 2.97. The lowest BCUT2D eigenvalue weighted by molar-refractivity contribution is -0.149. The van der Waals surface area contributed by atoms with Crippen molar-refractivity contribution < 1.29 is 14.6 Å². The number of morpholine rings is 1. The Kier molecular flexibility index (Phi) is 4.09. The summed E-state index contributed by atoms with van der Waals surface area (Å²) in [6.45, 7) is 3.49. The molecule has 1 atom stereocenters. The number of aromatic hydroxyl groups is 1. The molecule has 0 bridgehead atoms. The van der Waals surface area contributed by atoms with Crippen molar-refractivity contribution in [1.82, 2.24) is 14.7 Å². The van der Waals surface area contributed by atoms with Crippen molar-refractivity contribution in [3.05, 3.63) is 47.8 Å². The molecule has 1 amide bonds. The maximum Gasteiger partial charge on any atom is 0.227 e. The second-order valence-corrected chi connectivity index (χ2v) is 6.10. The zero-order chi connectivity index (χ0) is 16.4. The van der Waals surface area contributed by atoms with Gasteiger partial charge in [0.1, 0.15) is 11.4 Å². The number of nitrogens with zero attached hydrogens (tertiary/aromatic N) is 3. The summed E-state index contributed by atoms with van der Waals surface area (Å²) in [5.74, 6) is 0.147. The first kappa shape index (κ1) is 15.6. The summed E-state index contributed by atoms with van der Waals surface area (Å²) in [5, 5.41) is 14.0. The van der Waals surface area contributed by atoms with Gasteiger partial charge in [-0.15, -0.1) is 0 Å². The summed E-state index contributed by atoms with van der Waals surface area (Å²) >= 11 is 0. The second-order valence-electron chi connectivity index (χ2n) is 6.10. The van der Waals surface area contributed by atoms with E-state index in [1.165, 1.54) is 0 Å². The smallest absolute Gasteiger partial charge is 0.227 e. The summed E-state index contributed by atoms with van der Waals surface area (Å²) < 4.78 is 7.65. The fraction of sp³-hybridized carbons (Fsp3) is 0.412. The molecule has 1 N–H and O–H groups in total. The molecule has 1 aromatic heterocycles. The van der Waals surface area contributed by atoms with Gasteiger partial charge in [0.25, 0.3) is 0 Å². The Balaban J connectivity index is 1.73. The number of hydrogen-bond donors (Lipinski definition) is 1. The van der Waals surface area contributed by atoms with E-state index in [1.807, 2.05) is 26.2 Å². The van der Waals surface area contributed by atoms with Gasteiger partial charge in [0.05, 0.1) is 25.8 Å². The number of carbonyl (C=O) groups excluding carboxylic acids is 1. The number of ether oxygens (including phenoxy) is 1. The highest BCUT2D eigenvalue weighted by molar-refractivity contribution is 5.79. The van der Waals surface area contributed by atoms with E-state index in [-0.39, 0.29) is 18.1 Å². The third kappa shape index (κ3) is 3.22. The van der Waals surface area contributed by atoms with E-state index in [0.717, 1.165) is 5.56 Å². The quantitative estimate of drug-likeness (QED) is 0.931. The molecule has 0 radical (unpaired) electrons. The van der Waals surface area contributed by atoms with E-state index < -0.39 is 5.60 Å². The molecule has 0 spiro atoms. The van der Waals surface area contributed by atoms with Crippen molar-refractivity contribution >= 4 is 5.91 Å². The van der Waals surface area contributed by atoms with Gasteiger partial charge < -0.3 is 14.7 Å². The Morgan fingerprint density at radius 2 is 2.22 bits per heavy atom. The maximum absolute atomic E-state index is 12.6. The number of benzene rings is 1. The second kappa shape index (κ2) is 6.04. The highest BCUT2D eigenvalue weighted by Crippen LogP contribution is 2.29. The van der Waals surface area contributed by atoms with Crippen LogP contribution >= 0.6 is 0 Å². The van der Waals surface area contributed by atoms with Crippen LogP contribution in [0.3, 0.4) is 0 Å². The Morgan fingerprint density at radius 3 is 2.91 bits per heavy atom. The van der Waals surface area contributed by atoms with Gasteiger partial charge in [-0.25, -0.2) is 0 Å². The zero-order valence-electron chi connectivity index (χ0n) is 13.4. The number of rotatable bonds is 3. The van der Waals surface area contributed by atoms with Crippen LogP contribution in [0.1, 0.15) is 18.1 Å². The lowest BCUT2D eigenvalue weighted by Crippen LogP contribution is -2.50. The average molecular weight is 315 g/mol. The van der Waals surface area contributed by atoms with Crippen molar-refractivity contribution in [2.75, 3.05) is 19.7 Å². The Labute approximate surface area is 135 Å². The first-order valence-electron chi connectivity index (χ1n) is 7.66. The molecule has 1 aromatic carbocycles. The van der Waals surface area contributed by atoms with Gasteiger partial charge in [0.15, 0.2) is 0 Å². The highest BCUT2D eigenvalue weighted by atomic mass is 16.5. The predicted octanol–water partition coefficient (Wildman–Crippen LogP) is 1.44. The van der Waals surface area contributed by atoms with Crippen LogP contribution in [0.15, 0.2) is 36.7 Å². The molecular weight excluding hydrogens is 294 g/mol. The number of para-hydroxylation sites is 1. The van der Waals surface area contributed by atoms with Gasteiger partial charge in [0.2, 0.25) is 5.91 Å². The Morgan fingerprint density at radius 1 is 1.43 bits per heavy atom. The molecule has 122 valence electrons. The first-order chi connectivity index (χ1) is 11.0. The van der Waals surface area contributed by atoms with Gasteiger partial charge in [-0.3, -0.25) is 9.48 Å². The van der Waals surface area contributed by atoms with Crippen molar-refractivity contribution in [2.45, 2.75) is 18.9 Å². The molecule has 6 heteroatoms. The van der Waals surface area contributed by atoms with E-state index in [0.29, 0.717) is 25.3 Å². The fourth-order valence-electron chi connectivity index (χ4n) is 2.89. The standard InChI is InChI=1S/C17H21N3O3/c1-17(14-10-18-19(2)11-14)12-20(7-8-23-17)16(22)9-13-5-3-4-6-15(13)21/h3-6,10-11,21H,7-9,12H2,1-2H3/t17-/m0/s1. The summed E-state index contributed by atoms with van der Waals surface area (Å²) in [7, 11) is 1.86. The maximum atomic E-state index is 12.6. The topological polar surface area (TPSA) is 67.6 Å². The molecule has 2 heterocycles. The van der Waals surface area contributed by atoms with Gasteiger partial charge >= 0.3 is 0 Å². The molecule has 1 fully saturated rings. The molecule has 1 saturated heterocycles. The summed E-state index contributed by atoms with van der Waals surface area (Å²) in [6, 6.07) is 6.94. The fourth-order valence-corrected chi connectivity index (χ4v) is 2.89. The number of carbonyl (C=O) groups is 1. The Hall–Kier alpha value is -2.34. The van der Waals surface area contributed by atoms with Gasteiger partial charge in [-0.1, -0.05) is 18.2 Å². The monoisotopic (exact) mass is 315 g/mol. The molecule has 3 rings (SSSR count). The molecule has 0 unspecified atom stereocenters. The van der Waals surface area contributed by atoms with E-state index >= 15 is 0 Å². The van der Waals surface area contributed by atoms with Crippen molar-refractivity contribution in [3.63, 3.8) is 0 Å². The zero-order valence-corrected chi connectivity index (χ0v) is 13.4. The van der Waals surface area contributed by atoms with E-state index in [2.05, 4.69) is 5.10 Å². The van der Waals surface area contributed by atoms with Crippen molar-refractivity contribution in [3.8, 4) is 5.75 Å². The Bertz CT molecular complexity index is 713. The number of amides is 1. The number of phenolic OH excluding ortho intramolecular Hbond substituents is 1. The minimum atomic E-state index is -0.555. The van der Waals surface area contributed by atoms with Crippen LogP contribution in [0.4, 0.5) is 0 Å². The minimum Gasteiger partial charge on any atom is -0.508 e. The van der Waals surface area contributed by atoms with Crippen molar-refractivity contribution in [2.24, 2.45) is 7.05 Å². The van der Waals surface area contributed by atoms with Crippen LogP contribution in [0.5, 0.6) is 5.75 Å². The lowest BCUT2D eigenvalue weighted by atomic mass is 9.96. The molecule has 1 aliphatic rings. The number of aryl methyl sites for hydroxylation is 1. The molecule has 0 saturated carbocycles. The first-order valence-corrected chi connectivity index (χ1v) is 7.66. The largest absolute Gasteiger partial charge is 0.508 e. The molecular formula is C17H21N3O3. The summed E-state index contributed by atoms with van der Waals surface area (Å²) in [6.07, 6.45) is 3.88. The normalized spacial score (nSPS) is 21.4. The number of aromatic nitrogens is 2. The molecule has 6 nitrogen and oxygen atoms in total. The number of hydrogen-bond acceptors (Lipinski definition) is 4. The van der Waals surface area contributed by atoms with Crippen LogP contribution in [0, 0.1) is 0 Å². The highest BCUT2D eigenvalue weighted by Gasteiger charge is 2.36. The SMILES string of the molecule is Cn1cc([C@]2(C)CN(C(=O)Cc3ccccc3O)CCO2)cn1. The van der Waals surface area contributed by atoms with Crippen LogP contribution in [-0.2, 0) is 28.6 Å². The van der Waals surface area contributed by atoms with Crippen LogP contribution in [0.2, 0.25) is 0 Å². The number of phenols is 1. The summed E-state index contributed by atoms with van der Waals surface area (Å²) in [5.41, 5.74) is 1.05. The van der Waals surface area contributed by atoms with Gasteiger partial charge in [0, 0.05) is 30.9 Å². The third-order valence-corrected chi connectivity index (χ3v) is 4.28. The van der Waals surface area contributed by atoms with Crippen LogP contribution in [0.25, 0.3) is 0 Å². The van der Waals surface area contributed by atoms with E-state index in [4.69, 9.17) is 4.74 Å². The summed E-state index contributed by atoms with van der Waals surface area (Å²) in [4.78, 5) is 14.4. The molecule has 23 heavy (non-hydrogen) atoms. The van der Waals surface area contributed by atoms with Crippen molar-refractivity contribution in [1.29, 1.82) is 0 Å². The lowest BCUT2D eigenvalue weighted by Gasteiger charge is -2.40. The predicted molar refractivity (Wildman–Crippen MR) is 84.9 cm³/mol. The molecule has 0 aliphatic carbocycles. The van der Waals surface area contributed by atoms with E-state index in [9.17, 15) is 9.90 Å². The van der Waals surface area contributed by atoms with E-state index in [1.54, 1.807) is 34.0 Å². The third-order valence-electron chi connectivity index (χ3n) is 4.28. The molecule has 2 aromatic rings. The van der Waals surface area contributed by atoms with Gasteiger partial charge in [-0.05, 0) is 13.0 Å². The molecule has 1 aliphatic heterocycles. The van der Waals surface area contributed by atoms with Gasteiger partial charge in [-0.2, -0.15) is 5.10 Å². The van der Waals surface area contributed by atoms with Crippen LogP contribution < -0.4 is 0 Å².